The lowest BCUT2D eigenvalue weighted by atomic mass is 10.3. The molecule has 0 saturated carbocycles. The van der Waals surface area contributed by atoms with Gasteiger partial charge >= 0.3 is 6.18 Å². The third-order valence-electron chi connectivity index (χ3n) is 2.94. The third-order valence-corrected chi connectivity index (χ3v) is 4.07. The lowest BCUT2D eigenvalue weighted by Gasteiger charge is -2.12. The van der Waals surface area contributed by atoms with Crippen LogP contribution in [0.1, 0.15) is 17.0 Å². The maximum atomic E-state index is 12.3. The Morgan fingerprint density at radius 3 is 2.56 bits per heavy atom. The molecule has 2 N–H and O–H groups in total. The van der Waals surface area contributed by atoms with Gasteiger partial charge in [0.25, 0.3) is 5.91 Å². The van der Waals surface area contributed by atoms with Crippen molar-refractivity contribution in [3.63, 3.8) is 0 Å². The van der Waals surface area contributed by atoms with Gasteiger partial charge in [-0.25, -0.2) is 0 Å². The van der Waals surface area contributed by atoms with E-state index in [0.717, 1.165) is 0 Å². The summed E-state index contributed by atoms with van der Waals surface area (Å²) in [5.41, 5.74) is 0.305. The fourth-order valence-corrected chi connectivity index (χ4v) is 2.62. The van der Waals surface area contributed by atoms with Crippen LogP contribution in [0.2, 0.25) is 0 Å². The Labute approximate surface area is 146 Å². The Bertz CT molecular complexity index is 718. The summed E-state index contributed by atoms with van der Waals surface area (Å²) in [6, 6.07) is 9.30. The molecule has 0 bridgehead atoms. The molecule has 1 aromatic heterocycles. The van der Waals surface area contributed by atoms with Crippen molar-refractivity contribution in [3.8, 4) is 0 Å². The molecule has 0 atom stereocenters. The highest BCUT2D eigenvalue weighted by molar-refractivity contribution is 7.99. The van der Waals surface area contributed by atoms with Gasteiger partial charge in [-0.1, -0.05) is 12.1 Å². The number of thioether (sulfide) groups is 1. The number of hydrogen-bond acceptors (Lipinski definition) is 4. The molecule has 2 aromatic rings. The topological polar surface area (TPSA) is 71.3 Å². The van der Waals surface area contributed by atoms with Crippen LogP contribution >= 0.6 is 11.8 Å². The summed E-state index contributed by atoms with van der Waals surface area (Å²) in [5.74, 6) is -1.77. The average molecular weight is 372 g/mol. The minimum atomic E-state index is -4.29. The molecule has 0 saturated heterocycles. The Morgan fingerprint density at radius 1 is 1.12 bits per heavy atom. The number of carbonyl (C=O) groups is 2. The molecule has 1 aromatic carbocycles. The van der Waals surface area contributed by atoms with E-state index in [1.807, 2.05) is 0 Å². The molecule has 9 heteroatoms. The molecular weight excluding hydrogens is 357 g/mol. The monoisotopic (exact) mass is 372 g/mol. The lowest BCUT2D eigenvalue weighted by Crippen LogP contribution is -2.27. The van der Waals surface area contributed by atoms with E-state index in [0.29, 0.717) is 22.3 Å². The summed E-state index contributed by atoms with van der Waals surface area (Å²) in [5, 5.41) is 5.07. The van der Waals surface area contributed by atoms with Gasteiger partial charge < -0.3 is 15.1 Å². The van der Waals surface area contributed by atoms with Gasteiger partial charge in [0.2, 0.25) is 5.91 Å². The Morgan fingerprint density at radius 2 is 1.88 bits per heavy atom. The van der Waals surface area contributed by atoms with Crippen molar-refractivity contribution in [1.82, 2.24) is 5.32 Å². The normalized spacial score (nSPS) is 11.2. The highest BCUT2D eigenvalue weighted by Gasteiger charge is 2.27. The molecule has 25 heavy (non-hydrogen) atoms. The summed E-state index contributed by atoms with van der Waals surface area (Å²) >= 11 is 0.601. The van der Waals surface area contributed by atoms with E-state index in [1.165, 1.54) is 24.5 Å². The second-order valence-electron chi connectivity index (χ2n) is 4.93. The highest BCUT2D eigenvalue weighted by atomic mass is 32.2. The molecule has 0 fully saturated rings. The SMILES string of the molecule is O=C(CCNC(=O)c1ccco1)Nc1ccccc1SCC(F)(F)F. The van der Waals surface area contributed by atoms with Crippen LogP contribution in [0.15, 0.2) is 52.0 Å². The van der Waals surface area contributed by atoms with Crippen LogP contribution < -0.4 is 10.6 Å². The first-order chi connectivity index (χ1) is 11.8. The second kappa shape index (κ2) is 8.61. The van der Waals surface area contributed by atoms with Crippen molar-refractivity contribution in [3.05, 3.63) is 48.4 Å². The number of benzene rings is 1. The molecule has 0 aliphatic heterocycles. The molecule has 0 spiro atoms. The largest absolute Gasteiger partial charge is 0.459 e. The summed E-state index contributed by atoms with van der Waals surface area (Å²) in [7, 11) is 0. The number of rotatable bonds is 7. The average Bonchev–Trinajstić information content (AvgIpc) is 3.07. The number of nitrogens with one attached hydrogen (secondary N) is 2. The first-order valence-corrected chi connectivity index (χ1v) is 8.24. The predicted molar refractivity (Wildman–Crippen MR) is 87.5 cm³/mol. The zero-order valence-electron chi connectivity index (χ0n) is 12.9. The quantitative estimate of drug-likeness (QED) is 0.727. The highest BCUT2D eigenvalue weighted by Crippen LogP contribution is 2.32. The summed E-state index contributed by atoms with van der Waals surface area (Å²) in [6.07, 6.45) is -2.96. The molecular formula is C16H15F3N2O3S. The van der Waals surface area contributed by atoms with E-state index in [1.54, 1.807) is 18.2 Å². The predicted octanol–water partition coefficient (Wildman–Crippen LogP) is 3.69. The number of alkyl halides is 3. The molecule has 0 aliphatic carbocycles. The van der Waals surface area contributed by atoms with Crippen LogP contribution in [-0.2, 0) is 4.79 Å². The van der Waals surface area contributed by atoms with E-state index in [4.69, 9.17) is 4.42 Å². The van der Waals surface area contributed by atoms with Crippen molar-refractivity contribution in [2.45, 2.75) is 17.5 Å². The van der Waals surface area contributed by atoms with E-state index in [9.17, 15) is 22.8 Å². The first-order valence-electron chi connectivity index (χ1n) is 7.25. The smallest absolute Gasteiger partial charge is 0.398 e. The van der Waals surface area contributed by atoms with Gasteiger partial charge in [0, 0.05) is 17.9 Å². The van der Waals surface area contributed by atoms with Crippen molar-refractivity contribution in [2.75, 3.05) is 17.6 Å². The zero-order valence-corrected chi connectivity index (χ0v) is 13.7. The van der Waals surface area contributed by atoms with Crippen LogP contribution in [0.5, 0.6) is 0 Å². The van der Waals surface area contributed by atoms with Crippen molar-refractivity contribution < 1.29 is 27.2 Å². The summed E-state index contributed by atoms with van der Waals surface area (Å²) in [4.78, 5) is 23.9. The van der Waals surface area contributed by atoms with E-state index in [2.05, 4.69) is 10.6 Å². The Kier molecular flexibility index (Phi) is 6.51. The Hall–Kier alpha value is -2.42. The maximum absolute atomic E-state index is 12.3. The fourth-order valence-electron chi connectivity index (χ4n) is 1.85. The Balaban J connectivity index is 1.83. The molecule has 2 rings (SSSR count). The zero-order chi connectivity index (χ0) is 18.3. The standard InChI is InChI=1S/C16H15F3N2O3S/c17-16(18,19)10-25-13-6-2-1-4-11(13)21-14(22)7-8-20-15(23)12-5-3-9-24-12/h1-6,9H,7-8,10H2,(H,20,23)(H,21,22). The molecule has 2 amide bonds. The summed E-state index contributed by atoms with van der Waals surface area (Å²) in [6.45, 7) is 0.0726. The first kappa shape index (κ1) is 18.9. The minimum absolute atomic E-state index is 0.0231. The number of amides is 2. The molecule has 1 heterocycles. The fraction of sp³-hybridized carbons (Fsp3) is 0.250. The van der Waals surface area contributed by atoms with E-state index < -0.39 is 23.7 Å². The third kappa shape index (κ3) is 6.54. The van der Waals surface area contributed by atoms with Gasteiger partial charge in [-0.15, -0.1) is 11.8 Å². The molecule has 0 radical (unpaired) electrons. The van der Waals surface area contributed by atoms with Crippen molar-refractivity contribution in [2.24, 2.45) is 0 Å². The van der Waals surface area contributed by atoms with Crippen LogP contribution in [0, 0.1) is 0 Å². The van der Waals surface area contributed by atoms with Gasteiger partial charge in [-0.05, 0) is 24.3 Å². The van der Waals surface area contributed by atoms with Gasteiger partial charge in [0.1, 0.15) is 0 Å². The summed E-state index contributed by atoms with van der Waals surface area (Å²) < 4.78 is 41.9. The second-order valence-corrected chi connectivity index (χ2v) is 5.95. The van der Waals surface area contributed by atoms with Gasteiger partial charge in [0.15, 0.2) is 5.76 Å². The minimum Gasteiger partial charge on any atom is -0.459 e. The number of furan rings is 1. The van der Waals surface area contributed by atoms with Crippen LogP contribution in [0.3, 0.4) is 0 Å². The number of para-hydroxylation sites is 1. The van der Waals surface area contributed by atoms with Crippen molar-refractivity contribution >= 4 is 29.3 Å². The van der Waals surface area contributed by atoms with Crippen LogP contribution in [-0.4, -0.2) is 30.3 Å². The van der Waals surface area contributed by atoms with Crippen molar-refractivity contribution in [1.29, 1.82) is 0 Å². The van der Waals surface area contributed by atoms with Gasteiger partial charge in [-0.3, -0.25) is 9.59 Å². The van der Waals surface area contributed by atoms with Crippen LogP contribution in [0.4, 0.5) is 18.9 Å². The molecule has 134 valence electrons. The van der Waals surface area contributed by atoms with E-state index >= 15 is 0 Å². The number of halogens is 3. The number of carbonyl (C=O) groups excluding carboxylic acids is 2. The van der Waals surface area contributed by atoms with E-state index in [-0.39, 0.29) is 18.7 Å². The lowest BCUT2D eigenvalue weighted by molar-refractivity contribution is -0.116. The number of anilines is 1. The molecule has 0 aliphatic rings. The van der Waals surface area contributed by atoms with Gasteiger partial charge in [-0.2, -0.15) is 13.2 Å². The van der Waals surface area contributed by atoms with Gasteiger partial charge in [0.05, 0.1) is 17.7 Å². The number of hydrogen-bond donors (Lipinski definition) is 2. The maximum Gasteiger partial charge on any atom is 0.398 e. The molecule has 5 nitrogen and oxygen atoms in total. The molecule has 0 unspecified atom stereocenters. The van der Waals surface area contributed by atoms with Crippen LogP contribution in [0.25, 0.3) is 0 Å².